The normalized spacial score (nSPS) is 17.9. The third-order valence-electron chi connectivity index (χ3n) is 3.98. The largest absolute Gasteiger partial charge is 0.370 e. The van der Waals surface area contributed by atoms with Crippen LogP contribution >= 0.6 is 0 Å². The third kappa shape index (κ3) is 4.46. The Morgan fingerprint density at radius 2 is 2.05 bits per heavy atom. The lowest BCUT2D eigenvalue weighted by Gasteiger charge is -2.28. The molecule has 4 heteroatoms. The van der Waals surface area contributed by atoms with Crippen molar-refractivity contribution in [1.29, 1.82) is 0 Å². The van der Waals surface area contributed by atoms with Crippen LogP contribution in [0.15, 0.2) is 12.4 Å². The molecule has 106 valence electrons. The SMILES string of the molecule is CC(C)c1cc(NCCC2CCN(C)CC2)ncn1. The van der Waals surface area contributed by atoms with E-state index in [9.17, 15) is 0 Å². The van der Waals surface area contributed by atoms with Crippen molar-refractivity contribution in [1.82, 2.24) is 14.9 Å². The highest BCUT2D eigenvalue weighted by Gasteiger charge is 2.16. The minimum atomic E-state index is 0.456. The molecule has 1 fully saturated rings. The molecule has 0 aliphatic carbocycles. The predicted octanol–water partition coefficient (Wildman–Crippen LogP) is 2.74. The molecule has 0 radical (unpaired) electrons. The van der Waals surface area contributed by atoms with Crippen molar-refractivity contribution in [3.05, 3.63) is 18.1 Å². The predicted molar refractivity (Wildman–Crippen MR) is 79.4 cm³/mol. The summed E-state index contributed by atoms with van der Waals surface area (Å²) in [6.45, 7) is 7.82. The molecule has 4 nitrogen and oxygen atoms in total. The van der Waals surface area contributed by atoms with Gasteiger partial charge in [0.05, 0.1) is 0 Å². The molecule has 0 atom stereocenters. The summed E-state index contributed by atoms with van der Waals surface area (Å²) in [4.78, 5) is 11.0. The standard InChI is InChI=1S/C15H26N4/c1-12(2)14-10-15(18-11-17-14)16-7-4-13-5-8-19(3)9-6-13/h10-13H,4-9H2,1-3H3,(H,16,17,18). The number of hydrogen-bond donors (Lipinski definition) is 1. The van der Waals surface area contributed by atoms with Gasteiger partial charge in [0.25, 0.3) is 0 Å². The van der Waals surface area contributed by atoms with Crippen LogP contribution in [0.4, 0.5) is 5.82 Å². The third-order valence-corrected chi connectivity index (χ3v) is 3.98. The van der Waals surface area contributed by atoms with Gasteiger partial charge in [-0.1, -0.05) is 13.8 Å². The first-order valence-electron chi connectivity index (χ1n) is 7.39. The van der Waals surface area contributed by atoms with Gasteiger partial charge in [-0.25, -0.2) is 9.97 Å². The fourth-order valence-corrected chi connectivity index (χ4v) is 2.54. The van der Waals surface area contributed by atoms with Gasteiger partial charge in [0.1, 0.15) is 12.1 Å². The van der Waals surface area contributed by atoms with Gasteiger partial charge in [0, 0.05) is 18.3 Å². The van der Waals surface area contributed by atoms with E-state index < -0.39 is 0 Å². The molecule has 0 bridgehead atoms. The van der Waals surface area contributed by atoms with Gasteiger partial charge in [-0.3, -0.25) is 0 Å². The Hall–Kier alpha value is -1.16. The van der Waals surface area contributed by atoms with Gasteiger partial charge >= 0.3 is 0 Å². The van der Waals surface area contributed by atoms with Crippen LogP contribution in [0.1, 0.15) is 44.7 Å². The van der Waals surface area contributed by atoms with Crippen molar-refractivity contribution < 1.29 is 0 Å². The molecule has 2 heterocycles. The molecule has 1 aromatic heterocycles. The van der Waals surface area contributed by atoms with Crippen LogP contribution in [0.3, 0.4) is 0 Å². The summed E-state index contributed by atoms with van der Waals surface area (Å²) < 4.78 is 0. The average molecular weight is 262 g/mol. The monoisotopic (exact) mass is 262 g/mol. The van der Waals surface area contributed by atoms with E-state index in [2.05, 4.69) is 47.1 Å². The first-order chi connectivity index (χ1) is 9.15. The van der Waals surface area contributed by atoms with Crippen LogP contribution in [0, 0.1) is 5.92 Å². The average Bonchev–Trinajstić information content (AvgIpc) is 2.41. The summed E-state index contributed by atoms with van der Waals surface area (Å²) in [6.07, 6.45) is 5.57. The van der Waals surface area contributed by atoms with E-state index in [1.807, 2.05) is 0 Å². The van der Waals surface area contributed by atoms with Gasteiger partial charge in [-0.2, -0.15) is 0 Å². The van der Waals surface area contributed by atoms with Crippen molar-refractivity contribution in [2.75, 3.05) is 32.0 Å². The number of hydrogen-bond acceptors (Lipinski definition) is 4. The Bertz CT molecular complexity index is 383. The van der Waals surface area contributed by atoms with Crippen LogP contribution in [-0.2, 0) is 0 Å². The maximum absolute atomic E-state index is 4.29. The number of aromatic nitrogens is 2. The number of rotatable bonds is 5. The van der Waals surface area contributed by atoms with Crippen molar-refractivity contribution in [2.45, 2.75) is 39.0 Å². The highest BCUT2D eigenvalue weighted by atomic mass is 15.1. The molecule has 1 aliphatic heterocycles. The smallest absolute Gasteiger partial charge is 0.129 e. The van der Waals surface area contributed by atoms with Gasteiger partial charge in [-0.15, -0.1) is 0 Å². The quantitative estimate of drug-likeness (QED) is 0.886. The summed E-state index contributed by atoms with van der Waals surface area (Å²) in [5, 5.41) is 3.43. The number of piperidine rings is 1. The Morgan fingerprint density at radius 3 is 2.74 bits per heavy atom. The second-order valence-corrected chi connectivity index (χ2v) is 5.94. The fourth-order valence-electron chi connectivity index (χ4n) is 2.54. The van der Waals surface area contributed by atoms with E-state index in [4.69, 9.17) is 0 Å². The lowest BCUT2D eigenvalue weighted by molar-refractivity contribution is 0.215. The van der Waals surface area contributed by atoms with Crippen molar-refractivity contribution >= 4 is 5.82 Å². The van der Waals surface area contributed by atoms with Crippen molar-refractivity contribution in [3.8, 4) is 0 Å². The van der Waals surface area contributed by atoms with Gasteiger partial charge in [0.2, 0.25) is 0 Å². The minimum Gasteiger partial charge on any atom is -0.370 e. The summed E-state index contributed by atoms with van der Waals surface area (Å²) in [5.74, 6) is 2.29. The lowest BCUT2D eigenvalue weighted by atomic mass is 9.94. The molecule has 1 aromatic rings. The zero-order valence-corrected chi connectivity index (χ0v) is 12.4. The second kappa shape index (κ2) is 6.85. The molecule has 0 amide bonds. The van der Waals surface area contributed by atoms with E-state index >= 15 is 0 Å². The molecule has 0 unspecified atom stereocenters. The van der Waals surface area contributed by atoms with Crippen molar-refractivity contribution in [3.63, 3.8) is 0 Å². The molecule has 1 N–H and O–H groups in total. The summed E-state index contributed by atoms with van der Waals surface area (Å²) in [6, 6.07) is 2.07. The van der Waals surface area contributed by atoms with Gasteiger partial charge in [-0.05, 0) is 51.2 Å². The topological polar surface area (TPSA) is 41.0 Å². The Balaban J connectivity index is 1.75. The number of nitrogens with zero attached hydrogens (tertiary/aromatic N) is 3. The number of anilines is 1. The lowest BCUT2D eigenvalue weighted by Crippen LogP contribution is -2.30. The van der Waals surface area contributed by atoms with Gasteiger partial charge in [0.15, 0.2) is 0 Å². The maximum Gasteiger partial charge on any atom is 0.129 e. The first kappa shape index (κ1) is 14.3. The van der Waals surface area contributed by atoms with Crippen LogP contribution in [0.5, 0.6) is 0 Å². The molecule has 1 saturated heterocycles. The summed E-state index contributed by atoms with van der Waals surface area (Å²) >= 11 is 0. The Labute approximate surface area is 116 Å². The van der Waals surface area contributed by atoms with E-state index in [0.29, 0.717) is 5.92 Å². The van der Waals surface area contributed by atoms with E-state index in [1.54, 1.807) is 6.33 Å². The van der Waals surface area contributed by atoms with E-state index in [1.165, 1.54) is 32.4 Å². The first-order valence-corrected chi connectivity index (χ1v) is 7.39. The molecule has 0 aromatic carbocycles. The number of nitrogens with one attached hydrogen (secondary N) is 1. The molecular weight excluding hydrogens is 236 g/mol. The van der Waals surface area contributed by atoms with Crippen molar-refractivity contribution in [2.24, 2.45) is 5.92 Å². The van der Waals surface area contributed by atoms with E-state index in [0.717, 1.165) is 24.0 Å². The molecule has 0 saturated carbocycles. The highest BCUT2D eigenvalue weighted by molar-refractivity contribution is 5.35. The molecule has 1 aliphatic rings. The summed E-state index contributed by atoms with van der Waals surface area (Å²) in [5.41, 5.74) is 1.11. The number of likely N-dealkylation sites (tertiary alicyclic amines) is 1. The van der Waals surface area contributed by atoms with Crippen LogP contribution < -0.4 is 5.32 Å². The summed E-state index contributed by atoms with van der Waals surface area (Å²) in [7, 11) is 2.21. The maximum atomic E-state index is 4.29. The zero-order valence-electron chi connectivity index (χ0n) is 12.4. The minimum absolute atomic E-state index is 0.456. The van der Waals surface area contributed by atoms with Crippen LogP contribution in [0.2, 0.25) is 0 Å². The highest BCUT2D eigenvalue weighted by Crippen LogP contribution is 2.19. The van der Waals surface area contributed by atoms with Crippen LogP contribution in [0.25, 0.3) is 0 Å². The van der Waals surface area contributed by atoms with Gasteiger partial charge < -0.3 is 10.2 Å². The van der Waals surface area contributed by atoms with Crippen LogP contribution in [-0.4, -0.2) is 41.5 Å². The molecular formula is C15H26N4. The zero-order chi connectivity index (χ0) is 13.7. The molecule has 2 rings (SSSR count). The van der Waals surface area contributed by atoms with E-state index in [-0.39, 0.29) is 0 Å². The fraction of sp³-hybridized carbons (Fsp3) is 0.733. The second-order valence-electron chi connectivity index (χ2n) is 5.94. The Morgan fingerprint density at radius 1 is 1.32 bits per heavy atom. The molecule has 19 heavy (non-hydrogen) atoms. The Kier molecular flexibility index (Phi) is 5.14. The molecule has 0 spiro atoms.